The molecule has 3 aliphatic rings. The fourth-order valence-corrected chi connectivity index (χ4v) is 5.55. The van der Waals surface area contributed by atoms with Gasteiger partial charge < -0.3 is 14.5 Å². The standard InChI is InChI=1S/C28H25N7O4/c29-15-18-5-9-23(30-16-18)34-12-2-1-4-19-14-21(7-8-22(19)34)39-24-10-6-20(17-31-24)35-13-3-11-28(35)25(36)32-27(38)33-26(28)37/h5-10,14,16-17H,1-4,11-13H2,(H2,32,33,36,37,38). The number of ether oxygens (including phenoxy) is 1. The highest BCUT2D eigenvalue weighted by atomic mass is 16.5. The molecule has 0 radical (unpaired) electrons. The summed E-state index contributed by atoms with van der Waals surface area (Å²) >= 11 is 0. The zero-order chi connectivity index (χ0) is 27.0. The zero-order valence-electron chi connectivity index (χ0n) is 21.0. The number of hydrogen-bond acceptors (Lipinski definition) is 9. The number of nitrogens with one attached hydrogen (secondary N) is 2. The molecule has 0 atom stereocenters. The lowest BCUT2D eigenvalue weighted by Gasteiger charge is -2.38. The number of nitrogens with zero attached hydrogens (tertiary/aromatic N) is 5. The van der Waals surface area contributed by atoms with Gasteiger partial charge in [0.2, 0.25) is 5.88 Å². The van der Waals surface area contributed by atoms with E-state index in [1.807, 2.05) is 24.3 Å². The Morgan fingerprint density at radius 1 is 0.923 bits per heavy atom. The molecule has 3 aliphatic heterocycles. The first-order valence-electron chi connectivity index (χ1n) is 12.8. The molecule has 2 N–H and O–H groups in total. The molecule has 0 unspecified atom stereocenters. The molecule has 0 saturated carbocycles. The van der Waals surface area contributed by atoms with Crippen LogP contribution in [-0.2, 0) is 16.0 Å². The molecule has 3 aromatic rings. The molecule has 1 aromatic carbocycles. The van der Waals surface area contributed by atoms with Crippen LogP contribution in [0.5, 0.6) is 11.6 Å². The fraction of sp³-hybridized carbons (Fsp3) is 0.286. The van der Waals surface area contributed by atoms with Crippen molar-refractivity contribution in [3.63, 3.8) is 0 Å². The van der Waals surface area contributed by atoms with Crippen LogP contribution in [0.25, 0.3) is 0 Å². The molecular formula is C28H25N7O4. The first-order valence-corrected chi connectivity index (χ1v) is 12.8. The van der Waals surface area contributed by atoms with Crippen molar-refractivity contribution in [3.05, 3.63) is 66.0 Å². The number of hydrogen-bond donors (Lipinski definition) is 2. The first-order chi connectivity index (χ1) is 19.0. The summed E-state index contributed by atoms with van der Waals surface area (Å²) in [6.07, 6.45) is 7.02. The van der Waals surface area contributed by atoms with Crippen molar-refractivity contribution >= 4 is 35.0 Å². The molecule has 2 fully saturated rings. The van der Waals surface area contributed by atoms with Crippen molar-refractivity contribution < 1.29 is 19.1 Å². The summed E-state index contributed by atoms with van der Waals surface area (Å²) in [5.41, 5.74) is 1.84. The van der Waals surface area contributed by atoms with Crippen molar-refractivity contribution in [2.24, 2.45) is 0 Å². The summed E-state index contributed by atoms with van der Waals surface area (Å²) in [4.78, 5) is 49.8. The van der Waals surface area contributed by atoms with Crippen LogP contribution in [0.2, 0.25) is 0 Å². The number of aromatic nitrogens is 2. The normalized spacial score (nSPS) is 18.2. The van der Waals surface area contributed by atoms with Crippen LogP contribution in [0.4, 0.5) is 22.0 Å². The maximum absolute atomic E-state index is 12.7. The second-order valence-electron chi connectivity index (χ2n) is 9.73. The molecule has 39 heavy (non-hydrogen) atoms. The average molecular weight is 524 g/mol. The minimum atomic E-state index is -1.47. The number of barbiturate groups is 1. The summed E-state index contributed by atoms with van der Waals surface area (Å²) < 4.78 is 6.06. The number of imide groups is 2. The lowest BCUT2D eigenvalue weighted by atomic mass is 9.92. The van der Waals surface area contributed by atoms with Gasteiger partial charge in [0.05, 0.1) is 17.4 Å². The van der Waals surface area contributed by atoms with E-state index in [9.17, 15) is 14.4 Å². The van der Waals surface area contributed by atoms with Crippen molar-refractivity contribution in [3.8, 4) is 17.7 Å². The fourth-order valence-electron chi connectivity index (χ4n) is 5.55. The second-order valence-corrected chi connectivity index (χ2v) is 9.73. The SMILES string of the molecule is N#Cc1ccc(N2CCCCc3cc(Oc4ccc(N5CCCC56C(=O)NC(=O)NC6=O)cn4)ccc32)nc1. The van der Waals surface area contributed by atoms with E-state index in [0.717, 1.165) is 42.9 Å². The third-order valence-electron chi connectivity index (χ3n) is 7.41. The van der Waals surface area contributed by atoms with Crippen LogP contribution in [0, 0.1) is 11.3 Å². The van der Waals surface area contributed by atoms with Crippen LogP contribution in [-0.4, -0.2) is 46.4 Å². The number of nitriles is 1. The molecule has 11 heteroatoms. The topological polar surface area (TPSA) is 141 Å². The summed E-state index contributed by atoms with van der Waals surface area (Å²) in [7, 11) is 0. The van der Waals surface area contributed by atoms with Gasteiger partial charge in [0.25, 0.3) is 11.8 Å². The number of urea groups is 1. The van der Waals surface area contributed by atoms with Gasteiger partial charge in [-0.15, -0.1) is 0 Å². The largest absolute Gasteiger partial charge is 0.439 e. The summed E-state index contributed by atoms with van der Waals surface area (Å²) in [6, 6.07) is 14.3. The second kappa shape index (κ2) is 9.72. The van der Waals surface area contributed by atoms with E-state index in [-0.39, 0.29) is 0 Å². The number of aryl methyl sites for hydroxylation is 1. The third kappa shape index (κ3) is 4.29. The van der Waals surface area contributed by atoms with Gasteiger partial charge in [-0.3, -0.25) is 20.2 Å². The Hall–Kier alpha value is -4.98. The summed E-state index contributed by atoms with van der Waals surface area (Å²) in [6.45, 7) is 1.31. The van der Waals surface area contributed by atoms with Gasteiger partial charge in [-0.25, -0.2) is 14.8 Å². The molecule has 0 aliphatic carbocycles. The molecule has 11 nitrogen and oxygen atoms in total. The van der Waals surface area contributed by atoms with Crippen LogP contribution in [0.15, 0.2) is 54.9 Å². The molecule has 2 aromatic heterocycles. The van der Waals surface area contributed by atoms with E-state index >= 15 is 0 Å². The highest BCUT2D eigenvalue weighted by Gasteiger charge is 2.57. The number of anilines is 3. The number of fused-ring (bicyclic) bond motifs is 1. The van der Waals surface area contributed by atoms with E-state index in [4.69, 9.17) is 10.00 Å². The Morgan fingerprint density at radius 2 is 1.77 bits per heavy atom. The molecule has 2 saturated heterocycles. The maximum atomic E-state index is 12.7. The van der Waals surface area contributed by atoms with Gasteiger partial charge in [-0.1, -0.05) is 0 Å². The molecular weight excluding hydrogens is 498 g/mol. The van der Waals surface area contributed by atoms with Crippen LogP contribution < -0.4 is 25.2 Å². The molecule has 0 bridgehead atoms. The highest BCUT2D eigenvalue weighted by molar-refractivity contribution is 6.24. The number of amides is 4. The van der Waals surface area contributed by atoms with Gasteiger partial charge >= 0.3 is 6.03 Å². The predicted molar refractivity (Wildman–Crippen MR) is 141 cm³/mol. The number of carbonyl (C=O) groups excluding carboxylic acids is 3. The number of carbonyl (C=O) groups is 3. The Morgan fingerprint density at radius 3 is 2.49 bits per heavy atom. The number of pyridine rings is 2. The summed E-state index contributed by atoms with van der Waals surface area (Å²) in [5.74, 6) is 0.575. The van der Waals surface area contributed by atoms with Crippen molar-refractivity contribution in [2.45, 2.75) is 37.6 Å². The lowest BCUT2D eigenvalue weighted by Crippen LogP contribution is -2.71. The Bertz CT molecular complexity index is 1480. The van der Waals surface area contributed by atoms with Gasteiger partial charge in [0, 0.05) is 31.0 Å². The number of benzene rings is 1. The molecule has 196 valence electrons. The van der Waals surface area contributed by atoms with E-state index in [2.05, 4.69) is 31.6 Å². The monoisotopic (exact) mass is 523 g/mol. The predicted octanol–water partition coefficient (Wildman–Crippen LogP) is 3.32. The highest BCUT2D eigenvalue weighted by Crippen LogP contribution is 2.38. The quantitative estimate of drug-likeness (QED) is 0.493. The smallest absolute Gasteiger partial charge is 0.328 e. The van der Waals surface area contributed by atoms with E-state index in [0.29, 0.717) is 42.3 Å². The number of rotatable bonds is 4. The van der Waals surface area contributed by atoms with Gasteiger partial charge in [0.15, 0.2) is 5.54 Å². The van der Waals surface area contributed by atoms with Crippen LogP contribution >= 0.6 is 0 Å². The van der Waals surface area contributed by atoms with Crippen molar-refractivity contribution in [1.82, 2.24) is 20.6 Å². The zero-order valence-corrected chi connectivity index (χ0v) is 21.0. The first kappa shape index (κ1) is 24.4. The van der Waals surface area contributed by atoms with E-state index in [1.165, 1.54) is 0 Å². The minimum absolute atomic E-state index is 0.306. The van der Waals surface area contributed by atoms with E-state index < -0.39 is 23.4 Å². The van der Waals surface area contributed by atoms with Gasteiger partial charge in [-0.05, 0) is 74.1 Å². The van der Waals surface area contributed by atoms with Gasteiger partial charge in [-0.2, -0.15) is 5.26 Å². The Labute approximate surface area is 224 Å². The maximum Gasteiger partial charge on any atom is 0.328 e. The van der Waals surface area contributed by atoms with Crippen LogP contribution in [0.3, 0.4) is 0 Å². The van der Waals surface area contributed by atoms with Crippen molar-refractivity contribution in [1.29, 1.82) is 5.26 Å². The van der Waals surface area contributed by atoms with E-state index in [1.54, 1.807) is 35.5 Å². The van der Waals surface area contributed by atoms with Crippen molar-refractivity contribution in [2.75, 3.05) is 22.9 Å². The Kier molecular flexibility index (Phi) is 6.07. The summed E-state index contributed by atoms with van der Waals surface area (Å²) in [5, 5.41) is 13.5. The molecule has 5 heterocycles. The molecule has 4 amide bonds. The Balaban J connectivity index is 1.21. The lowest BCUT2D eigenvalue weighted by molar-refractivity contribution is -0.137. The minimum Gasteiger partial charge on any atom is -0.439 e. The van der Waals surface area contributed by atoms with Crippen LogP contribution in [0.1, 0.15) is 36.8 Å². The molecule has 6 rings (SSSR count). The third-order valence-corrected chi connectivity index (χ3v) is 7.41. The average Bonchev–Trinajstić information content (AvgIpc) is 3.29. The molecule has 1 spiro atoms. The van der Waals surface area contributed by atoms with Gasteiger partial charge in [0.1, 0.15) is 17.6 Å².